The van der Waals surface area contributed by atoms with Gasteiger partial charge in [-0.2, -0.15) is 0 Å². The summed E-state index contributed by atoms with van der Waals surface area (Å²) in [5, 5.41) is 21.6. The predicted octanol–water partition coefficient (Wildman–Crippen LogP) is 7.53. The van der Waals surface area contributed by atoms with Gasteiger partial charge in [-0.3, -0.25) is 15.1 Å². The first kappa shape index (κ1) is 23.1. The van der Waals surface area contributed by atoms with E-state index in [2.05, 4.69) is 13.8 Å². The van der Waals surface area contributed by atoms with Gasteiger partial charge in [0.25, 0.3) is 0 Å². The highest BCUT2D eigenvalue weighted by Crippen LogP contribution is 2.51. The molecular formula is C30H27ClN2O2. The zero-order chi connectivity index (χ0) is 24.7. The molecule has 5 rings (SSSR count). The van der Waals surface area contributed by atoms with Gasteiger partial charge in [0, 0.05) is 45.5 Å². The second-order valence-electron chi connectivity index (χ2n) is 9.93. The van der Waals surface area contributed by atoms with Crippen LogP contribution in [0.2, 0.25) is 5.02 Å². The average Bonchev–Trinajstić information content (AvgIpc) is 2.84. The second kappa shape index (κ2) is 8.86. The van der Waals surface area contributed by atoms with Crippen molar-refractivity contribution in [2.45, 2.75) is 32.6 Å². The number of hydrogen-bond acceptors (Lipinski definition) is 3. The first-order chi connectivity index (χ1) is 16.8. The van der Waals surface area contributed by atoms with Crippen LogP contribution in [0, 0.1) is 10.8 Å². The molecule has 0 saturated carbocycles. The average molecular weight is 483 g/mol. The number of rotatable bonds is 3. The van der Waals surface area contributed by atoms with Crippen molar-refractivity contribution >= 4 is 34.7 Å². The van der Waals surface area contributed by atoms with E-state index < -0.39 is 5.92 Å². The lowest BCUT2D eigenvalue weighted by atomic mass is 9.67. The molecule has 0 unspecified atom stereocenters. The Kier molecular flexibility index (Phi) is 5.86. The van der Waals surface area contributed by atoms with Crippen LogP contribution < -0.4 is 4.90 Å². The van der Waals surface area contributed by atoms with Gasteiger partial charge in [0.2, 0.25) is 0 Å². The van der Waals surface area contributed by atoms with E-state index in [1.54, 1.807) is 12.1 Å². The molecule has 176 valence electrons. The van der Waals surface area contributed by atoms with Crippen molar-refractivity contribution in [2.24, 2.45) is 5.41 Å². The number of nitrogens with one attached hydrogen (secondary N) is 1. The normalized spacial score (nSPS) is 21.1. The molecule has 0 bridgehead atoms. The number of ketones is 1. The van der Waals surface area contributed by atoms with Gasteiger partial charge in [-0.25, -0.2) is 0 Å². The number of benzene rings is 3. The molecule has 0 amide bonds. The SMILES string of the molecule is CC1(C)CC(=O)C2=C(C1)N(c1ccc(Cl)cc1)C(=N)/C(=C(/O)c1ccccc1)[C@@H]2c1ccccc1. The molecule has 1 aliphatic heterocycles. The molecule has 3 aromatic carbocycles. The number of Topliss-reactive ketones (excluding diaryl/α,β-unsaturated/α-hetero) is 1. The number of aliphatic hydroxyl groups excluding tert-OH is 1. The minimum Gasteiger partial charge on any atom is -0.507 e. The number of anilines is 1. The third-order valence-electron chi connectivity index (χ3n) is 6.74. The molecule has 4 nitrogen and oxygen atoms in total. The summed E-state index contributed by atoms with van der Waals surface area (Å²) < 4.78 is 0. The van der Waals surface area contributed by atoms with Crippen LogP contribution in [-0.2, 0) is 4.79 Å². The largest absolute Gasteiger partial charge is 0.507 e. The molecule has 1 aliphatic carbocycles. The van der Waals surface area contributed by atoms with Gasteiger partial charge in [0.1, 0.15) is 11.6 Å². The molecule has 0 fully saturated rings. The summed E-state index contributed by atoms with van der Waals surface area (Å²) in [6.45, 7) is 4.17. The smallest absolute Gasteiger partial charge is 0.162 e. The molecule has 0 spiro atoms. The van der Waals surface area contributed by atoms with Crippen LogP contribution in [0.15, 0.2) is 102 Å². The Morgan fingerprint density at radius 2 is 1.54 bits per heavy atom. The van der Waals surface area contributed by atoms with Gasteiger partial charge < -0.3 is 5.11 Å². The number of amidine groups is 1. The van der Waals surface area contributed by atoms with Gasteiger partial charge >= 0.3 is 0 Å². The lowest BCUT2D eigenvalue weighted by Crippen LogP contribution is -2.45. The summed E-state index contributed by atoms with van der Waals surface area (Å²) >= 11 is 6.17. The molecule has 0 radical (unpaired) electrons. The number of allylic oxidation sites excluding steroid dienone is 2. The molecule has 0 saturated heterocycles. The summed E-state index contributed by atoms with van der Waals surface area (Å²) in [6.07, 6.45) is 1.05. The Morgan fingerprint density at radius 3 is 2.17 bits per heavy atom. The number of halogens is 1. The molecule has 2 aliphatic rings. The lowest BCUT2D eigenvalue weighted by molar-refractivity contribution is -0.118. The zero-order valence-electron chi connectivity index (χ0n) is 19.8. The van der Waals surface area contributed by atoms with Crippen molar-refractivity contribution in [1.82, 2.24) is 0 Å². The summed E-state index contributed by atoms with van der Waals surface area (Å²) in [4.78, 5) is 15.6. The van der Waals surface area contributed by atoms with Gasteiger partial charge in [-0.05, 0) is 41.7 Å². The molecule has 1 heterocycles. The van der Waals surface area contributed by atoms with Crippen molar-refractivity contribution < 1.29 is 9.90 Å². The first-order valence-electron chi connectivity index (χ1n) is 11.7. The van der Waals surface area contributed by atoms with Crippen LogP contribution in [-0.4, -0.2) is 16.7 Å². The van der Waals surface area contributed by atoms with Crippen LogP contribution in [0.4, 0.5) is 5.69 Å². The second-order valence-corrected chi connectivity index (χ2v) is 10.4. The summed E-state index contributed by atoms with van der Waals surface area (Å²) in [7, 11) is 0. The zero-order valence-corrected chi connectivity index (χ0v) is 20.5. The number of carbonyl (C=O) groups is 1. The molecule has 5 heteroatoms. The Labute approximate surface area is 210 Å². The maximum absolute atomic E-state index is 13.8. The van der Waals surface area contributed by atoms with E-state index >= 15 is 0 Å². The van der Waals surface area contributed by atoms with Gasteiger partial charge in [-0.15, -0.1) is 0 Å². The fourth-order valence-corrected chi connectivity index (χ4v) is 5.35. The van der Waals surface area contributed by atoms with Crippen LogP contribution in [0.3, 0.4) is 0 Å². The number of aliphatic hydroxyl groups is 1. The third kappa shape index (κ3) is 4.19. The van der Waals surface area contributed by atoms with Gasteiger partial charge in [0.05, 0.1) is 0 Å². The Bertz CT molecular complexity index is 1360. The van der Waals surface area contributed by atoms with E-state index in [9.17, 15) is 15.3 Å². The fraction of sp³-hybridized carbons (Fsp3) is 0.200. The van der Waals surface area contributed by atoms with Crippen LogP contribution in [0.25, 0.3) is 5.76 Å². The first-order valence-corrected chi connectivity index (χ1v) is 12.1. The van der Waals surface area contributed by atoms with E-state index in [1.807, 2.05) is 77.7 Å². The van der Waals surface area contributed by atoms with Crippen molar-refractivity contribution in [2.75, 3.05) is 4.90 Å². The topological polar surface area (TPSA) is 64.4 Å². The predicted molar refractivity (Wildman–Crippen MR) is 142 cm³/mol. The highest BCUT2D eigenvalue weighted by molar-refractivity contribution is 6.30. The number of carbonyl (C=O) groups excluding carboxylic acids is 1. The maximum Gasteiger partial charge on any atom is 0.162 e. The summed E-state index contributed by atoms with van der Waals surface area (Å²) in [5.41, 5.74) is 3.87. The molecule has 1 atom stereocenters. The molecule has 0 aromatic heterocycles. The van der Waals surface area contributed by atoms with E-state index in [4.69, 9.17) is 11.6 Å². The lowest BCUT2D eigenvalue weighted by Gasteiger charge is -2.45. The van der Waals surface area contributed by atoms with E-state index in [0.717, 1.165) is 16.9 Å². The maximum atomic E-state index is 13.8. The van der Waals surface area contributed by atoms with Crippen molar-refractivity contribution in [3.8, 4) is 0 Å². The van der Waals surface area contributed by atoms with Crippen molar-refractivity contribution in [3.05, 3.63) is 118 Å². The van der Waals surface area contributed by atoms with Gasteiger partial charge in [-0.1, -0.05) is 86.1 Å². The van der Waals surface area contributed by atoms with E-state index in [1.165, 1.54) is 0 Å². The molecule has 2 N–H and O–H groups in total. The van der Waals surface area contributed by atoms with Crippen molar-refractivity contribution in [1.29, 1.82) is 5.41 Å². The van der Waals surface area contributed by atoms with Crippen LogP contribution >= 0.6 is 11.6 Å². The minimum absolute atomic E-state index is 0.00704. The monoisotopic (exact) mass is 482 g/mol. The van der Waals surface area contributed by atoms with Crippen LogP contribution in [0.5, 0.6) is 0 Å². The third-order valence-corrected chi connectivity index (χ3v) is 6.99. The molecular weight excluding hydrogens is 456 g/mol. The summed E-state index contributed by atoms with van der Waals surface area (Å²) in [6, 6.07) is 26.2. The highest BCUT2D eigenvalue weighted by Gasteiger charge is 2.46. The van der Waals surface area contributed by atoms with Crippen molar-refractivity contribution in [3.63, 3.8) is 0 Å². The Hall–Kier alpha value is -3.63. The van der Waals surface area contributed by atoms with Gasteiger partial charge in [0.15, 0.2) is 5.78 Å². The van der Waals surface area contributed by atoms with E-state index in [0.29, 0.717) is 34.6 Å². The standard InChI is InChI=1S/C30H27ClN2O2/c1-30(2)17-23-26(24(34)18-30)25(19-9-5-3-6-10-19)27(28(35)20-11-7-4-8-12-20)29(32)33(23)22-15-13-21(31)14-16-22/h3-16,25,32,35H,17-18H2,1-2H3/b28-27+,32-29?/t25-/m1/s1. The molecule has 3 aromatic rings. The molecule has 35 heavy (non-hydrogen) atoms. The quantitative estimate of drug-likeness (QED) is 0.379. The Balaban J connectivity index is 1.84. The highest BCUT2D eigenvalue weighted by atomic mass is 35.5. The fourth-order valence-electron chi connectivity index (χ4n) is 5.22. The summed E-state index contributed by atoms with van der Waals surface area (Å²) in [5.74, 6) is -0.319. The Morgan fingerprint density at radius 1 is 0.943 bits per heavy atom. The number of nitrogens with zero attached hydrogens (tertiary/aromatic N) is 1. The van der Waals surface area contributed by atoms with Crippen LogP contribution in [0.1, 0.15) is 43.7 Å². The minimum atomic E-state index is -0.536. The number of hydrogen-bond donors (Lipinski definition) is 2. The van der Waals surface area contributed by atoms with E-state index in [-0.39, 0.29) is 22.8 Å².